The molecule has 3 fully saturated rings. The monoisotopic (exact) mass is 459 g/mol. The summed E-state index contributed by atoms with van der Waals surface area (Å²) in [6.45, 7) is 6.84. The predicted octanol–water partition coefficient (Wildman–Crippen LogP) is 8.39. The Bertz CT molecular complexity index is 972. The van der Waals surface area contributed by atoms with Crippen LogP contribution in [-0.4, -0.2) is 16.3 Å². The van der Waals surface area contributed by atoms with Crippen molar-refractivity contribution in [2.24, 2.45) is 5.41 Å². The van der Waals surface area contributed by atoms with Crippen molar-refractivity contribution in [1.29, 1.82) is 0 Å². The topological polar surface area (TPSA) is 20.3 Å². The minimum Gasteiger partial charge on any atom is -0.297 e. The molecule has 1 saturated carbocycles. The molecule has 5 heteroatoms. The van der Waals surface area contributed by atoms with E-state index in [1.807, 2.05) is 60.7 Å². The highest BCUT2D eigenvalue weighted by Crippen LogP contribution is 2.70. The average molecular weight is 460 g/mol. The van der Waals surface area contributed by atoms with Crippen molar-refractivity contribution in [3.05, 3.63) is 83.4 Å². The lowest BCUT2D eigenvalue weighted by molar-refractivity contribution is -0.0838. The molecule has 0 spiro atoms. The molecule has 3 aliphatic rings. The summed E-state index contributed by atoms with van der Waals surface area (Å²) in [5, 5.41) is 1.00. The first kappa shape index (κ1) is 21.9. The summed E-state index contributed by atoms with van der Waals surface area (Å²) in [5.74, 6) is 3.50. The van der Waals surface area contributed by atoms with Crippen LogP contribution in [0.1, 0.15) is 51.2 Å². The number of hydrogen-bond donors (Lipinski definition) is 0. The Morgan fingerprint density at radius 2 is 1.37 bits per heavy atom. The van der Waals surface area contributed by atoms with E-state index in [4.69, 9.17) is 23.2 Å². The third kappa shape index (κ3) is 4.21. The molecule has 3 atom stereocenters. The van der Waals surface area contributed by atoms with E-state index in [9.17, 15) is 4.57 Å². The number of benzene rings is 2. The summed E-state index contributed by atoms with van der Waals surface area (Å²) in [6, 6.07) is 19.7. The van der Waals surface area contributed by atoms with Gasteiger partial charge in [-0.1, -0.05) is 97.7 Å². The Balaban J connectivity index is 1.79. The van der Waals surface area contributed by atoms with Gasteiger partial charge >= 0.3 is 0 Å². The molecule has 0 aromatic heterocycles. The number of nitrogens with zero attached hydrogens (tertiary/aromatic N) is 1. The highest BCUT2D eigenvalue weighted by atomic mass is 35.5. The van der Waals surface area contributed by atoms with E-state index in [2.05, 4.69) is 25.4 Å². The highest BCUT2D eigenvalue weighted by Gasteiger charge is 2.60. The molecule has 0 radical (unpaired) electrons. The van der Waals surface area contributed by atoms with Crippen molar-refractivity contribution in [2.45, 2.75) is 51.6 Å². The molecule has 1 aliphatic carbocycles. The van der Waals surface area contributed by atoms with Crippen LogP contribution in [0, 0.1) is 5.41 Å². The number of hydrogen-bond acceptors (Lipinski definition) is 1. The lowest BCUT2D eigenvalue weighted by Gasteiger charge is -2.66. The Kier molecular flexibility index (Phi) is 5.83. The quantitative estimate of drug-likeness (QED) is 0.418. The maximum atomic E-state index is 14.6. The minimum atomic E-state index is -3.12. The molecule has 2 nitrogen and oxygen atoms in total. The molecule has 0 amide bonds. The van der Waals surface area contributed by atoms with Gasteiger partial charge in [0.25, 0.3) is 0 Å². The molecule has 0 N–H and O–H groups in total. The normalized spacial score (nSPS) is 28.5. The summed E-state index contributed by atoms with van der Waals surface area (Å²) in [5.41, 5.74) is 1.86. The second-order valence-corrected chi connectivity index (χ2v) is 12.7. The van der Waals surface area contributed by atoms with Crippen LogP contribution >= 0.6 is 30.5 Å². The molecular formula is C25H28Cl2NOP. The molecule has 2 bridgehead atoms. The van der Waals surface area contributed by atoms with Gasteiger partial charge in [0.15, 0.2) is 7.29 Å². The van der Waals surface area contributed by atoms with Crippen molar-refractivity contribution >= 4 is 40.6 Å². The van der Waals surface area contributed by atoms with Crippen LogP contribution in [0.15, 0.2) is 72.3 Å². The average Bonchev–Trinajstić information content (AvgIpc) is 2.67. The Hall–Kier alpha value is -1.31. The van der Waals surface area contributed by atoms with E-state index in [0.29, 0.717) is 10.1 Å². The molecule has 158 valence electrons. The minimum absolute atomic E-state index is 0.114. The van der Waals surface area contributed by atoms with Crippen molar-refractivity contribution in [2.75, 3.05) is 0 Å². The first-order valence-electron chi connectivity index (χ1n) is 10.4. The van der Waals surface area contributed by atoms with Crippen molar-refractivity contribution < 1.29 is 4.57 Å². The van der Waals surface area contributed by atoms with Crippen LogP contribution in [-0.2, 0) is 4.57 Å². The van der Waals surface area contributed by atoms with E-state index in [0.717, 1.165) is 30.4 Å². The van der Waals surface area contributed by atoms with E-state index in [1.165, 1.54) is 0 Å². The second kappa shape index (κ2) is 7.99. The maximum Gasteiger partial charge on any atom is 0.197 e. The van der Waals surface area contributed by atoms with Crippen LogP contribution < -0.4 is 0 Å². The molecule has 30 heavy (non-hydrogen) atoms. The van der Waals surface area contributed by atoms with E-state index < -0.39 is 7.29 Å². The standard InChI is InChI=1S/C25H28Cl2NOP/c1-24(2)14-21-15-25(3,18-24)28(21)30(29,16-22(26)19-10-6-4-7-11-19)17-23(27)20-12-8-5-9-13-20/h4-13,16-17,21H,14-15,18H2,1-3H3/b22-16-,23-17+. The molecule has 3 unspecified atom stereocenters. The van der Waals surface area contributed by atoms with Gasteiger partial charge in [-0.05, 0) is 42.7 Å². The van der Waals surface area contributed by atoms with E-state index >= 15 is 0 Å². The molecule has 2 aromatic carbocycles. The largest absolute Gasteiger partial charge is 0.297 e. The fourth-order valence-corrected chi connectivity index (χ4v) is 9.47. The Morgan fingerprint density at radius 1 is 0.900 bits per heavy atom. The van der Waals surface area contributed by atoms with Gasteiger partial charge in [-0.2, -0.15) is 0 Å². The van der Waals surface area contributed by atoms with Crippen LogP contribution in [0.3, 0.4) is 0 Å². The third-order valence-corrected chi connectivity index (χ3v) is 9.95. The zero-order valence-electron chi connectivity index (χ0n) is 17.7. The number of halogens is 2. The summed E-state index contributed by atoms with van der Waals surface area (Å²) in [4.78, 5) is 0. The van der Waals surface area contributed by atoms with Crippen LogP contribution in [0.25, 0.3) is 10.1 Å². The lowest BCUT2D eigenvalue weighted by atomic mass is 9.61. The van der Waals surface area contributed by atoms with Crippen molar-refractivity contribution in [3.63, 3.8) is 0 Å². The molecular weight excluding hydrogens is 432 g/mol. The number of piperidine rings is 1. The van der Waals surface area contributed by atoms with Gasteiger partial charge in [0, 0.05) is 23.2 Å². The van der Waals surface area contributed by atoms with Gasteiger partial charge < -0.3 is 0 Å². The van der Waals surface area contributed by atoms with Gasteiger partial charge in [0.05, 0.1) is 10.1 Å². The summed E-state index contributed by atoms with van der Waals surface area (Å²) in [7, 11) is -3.12. The fourth-order valence-electron chi connectivity index (χ4n) is 5.53. The Morgan fingerprint density at radius 3 is 1.80 bits per heavy atom. The van der Waals surface area contributed by atoms with Crippen molar-refractivity contribution in [1.82, 2.24) is 4.67 Å². The summed E-state index contributed by atoms with van der Waals surface area (Å²) < 4.78 is 16.8. The molecule has 2 saturated heterocycles. The van der Waals surface area contributed by atoms with Gasteiger partial charge in [-0.25, -0.2) is 4.67 Å². The third-order valence-electron chi connectivity index (χ3n) is 6.25. The van der Waals surface area contributed by atoms with E-state index in [-0.39, 0.29) is 17.0 Å². The first-order chi connectivity index (χ1) is 14.1. The zero-order chi connectivity index (χ0) is 21.6. The van der Waals surface area contributed by atoms with Gasteiger partial charge in [0.1, 0.15) is 0 Å². The van der Waals surface area contributed by atoms with E-state index in [1.54, 1.807) is 11.6 Å². The Labute approximate surface area is 190 Å². The van der Waals surface area contributed by atoms with Gasteiger partial charge in [-0.3, -0.25) is 4.57 Å². The molecule has 2 heterocycles. The number of fused-ring (bicyclic) bond motifs is 2. The predicted molar refractivity (Wildman–Crippen MR) is 130 cm³/mol. The van der Waals surface area contributed by atoms with Crippen LogP contribution in [0.2, 0.25) is 0 Å². The maximum absolute atomic E-state index is 14.6. The highest BCUT2D eigenvalue weighted by molar-refractivity contribution is 7.68. The SMILES string of the molecule is CC1(C)CC2CC(C)(C1)N2P(=O)(/C=C(\Cl)c1ccccc1)/C=C(/Cl)c1ccccc1. The number of rotatable bonds is 5. The molecule has 2 aliphatic heterocycles. The van der Waals surface area contributed by atoms with Gasteiger partial charge in [0.2, 0.25) is 0 Å². The lowest BCUT2D eigenvalue weighted by Crippen LogP contribution is -2.68. The van der Waals surface area contributed by atoms with Crippen LogP contribution in [0.5, 0.6) is 0 Å². The summed E-state index contributed by atoms with van der Waals surface area (Å²) >= 11 is 13.4. The second-order valence-electron chi connectivity index (χ2n) is 9.60. The van der Waals surface area contributed by atoms with Gasteiger partial charge in [-0.15, -0.1) is 0 Å². The first-order valence-corrected chi connectivity index (χ1v) is 12.9. The fraction of sp³-hybridized carbons (Fsp3) is 0.360. The summed E-state index contributed by atoms with van der Waals surface area (Å²) in [6.07, 6.45) is 3.10. The smallest absolute Gasteiger partial charge is 0.197 e. The molecule has 5 rings (SSSR count). The zero-order valence-corrected chi connectivity index (χ0v) is 20.1. The van der Waals surface area contributed by atoms with Crippen LogP contribution in [0.4, 0.5) is 0 Å². The van der Waals surface area contributed by atoms with Crippen molar-refractivity contribution in [3.8, 4) is 0 Å². The molecule has 2 aromatic rings.